The Morgan fingerprint density at radius 2 is 2.12 bits per heavy atom. The van der Waals surface area contributed by atoms with Gasteiger partial charge in [-0.1, -0.05) is 23.3 Å². The highest BCUT2D eigenvalue weighted by Gasteiger charge is 2.21. The quantitative estimate of drug-likeness (QED) is 0.881. The number of nitrogens with one attached hydrogen (secondary N) is 2. The van der Waals surface area contributed by atoms with Crippen molar-refractivity contribution in [3.63, 3.8) is 0 Å². The summed E-state index contributed by atoms with van der Waals surface area (Å²) in [6, 6.07) is 6.74. The van der Waals surface area contributed by atoms with E-state index in [0.29, 0.717) is 13.0 Å². The van der Waals surface area contributed by atoms with Crippen LogP contribution in [0.15, 0.2) is 34.8 Å². The normalized spacial score (nSPS) is 17.2. The molecule has 7 heteroatoms. The van der Waals surface area contributed by atoms with Crippen LogP contribution in [0.25, 0.3) is 5.57 Å². The third kappa shape index (κ3) is 3.79. The highest BCUT2D eigenvalue weighted by molar-refractivity contribution is 5.89. The standard InChI is InChI=1S/C17H19FN4O2/c1-2-19-17-22-21-16(24-17)15(23)20-14-9-5-12(6-10-14)11-3-7-13(18)8-4-11/h3-5,7-8,14H,2,6,9-10H2,1H3,(H,19,22)(H,20,23). The summed E-state index contributed by atoms with van der Waals surface area (Å²) >= 11 is 0. The second kappa shape index (κ2) is 7.25. The number of carbonyl (C=O) groups excluding carboxylic acids is 1. The summed E-state index contributed by atoms with van der Waals surface area (Å²) in [6.45, 7) is 2.54. The molecule has 1 aliphatic carbocycles. The van der Waals surface area contributed by atoms with Crippen LogP contribution in [0.4, 0.5) is 10.4 Å². The molecule has 24 heavy (non-hydrogen) atoms. The molecule has 1 heterocycles. The molecule has 0 aliphatic heterocycles. The maximum atomic E-state index is 13.0. The van der Waals surface area contributed by atoms with Gasteiger partial charge in [0.1, 0.15) is 5.82 Å². The number of halogens is 1. The Hall–Kier alpha value is -2.70. The van der Waals surface area contributed by atoms with E-state index in [2.05, 4.69) is 26.9 Å². The second-order valence-electron chi connectivity index (χ2n) is 5.62. The van der Waals surface area contributed by atoms with E-state index in [9.17, 15) is 9.18 Å². The molecular weight excluding hydrogens is 311 g/mol. The zero-order valence-electron chi connectivity index (χ0n) is 13.4. The van der Waals surface area contributed by atoms with E-state index in [1.807, 2.05) is 6.92 Å². The van der Waals surface area contributed by atoms with Crippen molar-refractivity contribution < 1.29 is 13.6 Å². The molecule has 1 unspecified atom stereocenters. The summed E-state index contributed by atoms with van der Waals surface area (Å²) < 4.78 is 18.2. The van der Waals surface area contributed by atoms with Crippen LogP contribution in [0.2, 0.25) is 0 Å². The van der Waals surface area contributed by atoms with Crippen LogP contribution in [0, 0.1) is 5.82 Å². The number of anilines is 1. The summed E-state index contributed by atoms with van der Waals surface area (Å²) in [6.07, 6.45) is 4.43. The van der Waals surface area contributed by atoms with Gasteiger partial charge in [0.2, 0.25) is 0 Å². The average molecular weight is 330 g/mol. The molecule has 6 nitrogen and oxygen atoms in total. The van der Waals surface area contributed by atoms with Crippen LogP contribution in [-0.4, -0.2) is 28.7 Å². The van der Waals surface area contributed by atoms with E-state index >= 15 is 0 Å². The van der Waals surface area contributed by atoms with Crippen molar-refractivity contribution in [2.45, 2.75) is 32.2 Å². The molecule has 2 aromatic rings. The van der Waals surface area contributed by atoms with E-state index in [4.69, 9.17) is 4.42 Å². The summed E-state index contributed by atoms with van der Waals surface area (Å²) in [5.41, 5.74) is 2.20. The molecule has 1 aromatic carbocycles. The number of amides is 1. The largest absolute Gasteiger partial charge is 0.399 e. The number of allylic oxidation sites excluding steroid dienone is 1. The van der Waals surface area contributed by atoms with Gasteiger partial charge in [0.25, 0.3) is 0 Å². The number of carbonyl (C=O) groups is 1. The van der Waals surface area contributed by atoms with Gasteiger partial charge in [0.05, 0.1) is 0 Å². The van der Waals surface area contributed by atoms with Gasteiger partial charge in [-0.2, -0.15) is 0 Å². The third-order valence-corrected chi connectivity index (χ3v) is 3.91. The fourth-order valence-corrected chi connectivity index (χ4v) is 2.68. The Bertz CT molecular complexity index is 739. The average Bonchev–Trinajstić information content (AvgIpc) is 3.06. The van der Waals surface area contributed by atoms with Crippen LogP contribution >= 0.6 is 0 Å². The molecule has 1 aromatic heterocycles. The first-order valence-electron chi connectivity index (χ1n) is 7.99. The Morgan fingerprint density at radius 1 is 1.33 bits per heavy atom. The second-order valence-corrected chi connectivity index (χ2v) is 5.62. The highest BCUT2D eigenvalue weighted by Crippen LogP contribution is 2.27. The van der Waals surface area contributed by atoms with Crippen LogP contribution < -0.4 is 10.6 Å². The maximum Gasteiger partial charge on any atom is 0.315 e. The highest BCUT2D eigenvalue weighted by atomic mass is 19.1. The Morgan fingerprint density at radius 3 is 2.79 bits per heavy atom. The van der Waals surface area contributed by atoms with E-state index < -0.39 is 0 Å². The minimum absolute atomic E-state index is 0.0242. The lowest BCUT2D eigenvalue weighted by atomic mass is 9.91. The number of nitrogens with zero attached hydrogens (tertiary/aromatic N) is 2. The van der Waals surface area contributed by atoms with Crippen molar-refractivity contribution in [2.75, 3.05) is 11.9 Å². The zero-order valence-corrected chi connectivity index (χ0v) is 13.4. The van der Waals surface area contributed by atoms with Gasteiger partial charge in [-0.05, 0) is 49.5 Å². The van der Waals surface area contributed by atoms with Gasteiger partial charge in [-0.25, -0.2) is 4.39 Å². The zero-order chi connectivity index (χ0) is 16.9. The molecule has 1 amide bonds. The number of rotatable bonds is 5. The van der Waals surface area contributed by atoms with Gasteiger partial charge in [-0.15, -0.1) is 5.10 Å². The molecule has 0 bridgehead atoms. The molecule has 1 aliphatic rings. The van der Waals surface area contributed by atoms with E-state index in [1.165, 1.54) is 17.7 Å². The lowest BCUT2D eigenvalue weighted by Crippen LogP contribution is -2.35. The van der Waals surface area contributed by atoms with Gasteiger partial charge in [-0.3, -0.25) is 4.79 Å². The molecule has 1 atom stereocenters. The molecule has 126 valence electrons. The van der Waals surface area contributed by atoms with E-state index in [0.717, 1.165) is 18.4 Å². The van der Waals surface area contributed by atoms with Gasteiger partial charge in [0.15, 0.2) is 0 Å². The molecule has 0 saturated heterocycles. The monoisotopic (exact) mass is 330 g/mol. The third-order valence-electron chi connectivity index (χ3n) is 3.91. The Labute approximate surface area is 139 Å². The number of hydrogen-bond acceptors (Lipinski definition) is 5. The molecule has 0 spiro atoms. The Kier molecular flexibility index (Phi) is 4.88. The fourth-order valence-electron chi connectivity index (χ4n) is 2.68. The number of benzene rings is 1. The van der Waals surface area contributed by atoms with Crippen molar-refractivity contribution >= 4 is 17.5 Å². The predicted octanol–water partition coefficient (Wildman–Crippen LogP) is 3.01. The van der Waals surface area contributed by atoms with Gasteiger partial charge >= 0.3 is 17.8 Å². The molecular formula is C17H19FN4O2. The summed E-state index contributed by atoms with van der Waals surface area (Å²) in [5.74, 6) is -0.647. The Balaban J connectivity index is 1.57. The molecule has 0 fully saturated rings. The van der Waals surface area contributed by atoms with E-state index in [1.54, 1.807) is 12.1 Å². The molecule has 0 radical (unpaired) electrons. The summed E-state index contributed by atoms with van der Waals surface area (Å²) in [4.78, 5) is 12.1. The van der Waals surface area contributed by atoms with Crippen molar-refractivity contribution in [2.24, 2.45) is 0 Å². The minimum Gasteiger partial charge on any atom is -0.399 e. The maximum absolute atomic E-state index is 13.0. The SMILES string of the molecule is CCNc1nnc(C(=O)NC2CC=C(c3ccc(F)cc3)CC2)o1. The van der Waals surface area contributed by atoms with Crippen LogP contribution in [0.5, 0.6) is 0 Å². The van der Waals surface area contributed by atoms with Crippen LogP contribution in [-0.2, 0) is 0 Å². The number of hydrogen-bond donors (Lipinski definition) is 2. The van der Waals surface area contributed by atoms with Crippen molar-refractivity contribution in [1.82, 2.24) is 15.5 Å². The molecule has 3 rings (SSSR count). The fraction of sp³-hybridized carbons (Fsp3) is 0.353. The van der Waals surface area contributed by atoms with Crippen LogP contribution in [0.3, 0.4) is 0 Å². The first kappa shape index (κ1) is 16.2. The summed E-state index contributed by atoms with van der Waals surface area (Å²) in [5, 5.41) is 13.2. The smallest absolute Gasteiger partial charge is 0.315 e. The first-order chi connectivity index (χ1) is 11.7. The van der Waals surface area contributed by atoms with Crippen molar-refractivity contribution in [1.29, 1.82) is 0 Å². The summed E-state index contributed by atoms with van der Waals surface area (Å²) in [7, 11) is 0. The molecule has 0 saturated carbocycles. The van der Waals surface area contributed by atoms with E-state index in [-0.39, 0.29) is 29.7 Å². The minimum atomic E-state index is -0.365. The lowest BCUT2D eigenvalue weighted by Gasteiger charge is -2.22. The topological polar surface area (TPSA) is 80.0 Å². The first-order valence-corrected chi connectivity index (χ1v) is 7.99. The van der Waals surface area contributed by atoms with Crippen molar-refractivity contribution in [3.05, 3.63) is 47.6 Å². The molecule has 2 N–H and O–H groups in total. The van der Waals surface area contributed by atoms with Gasteiger partial charge in [0, 0.05) is 12.6 Å². The lowest BCUT2D eigenvalue weighted by molar-refractivity contribution is 0.0900. The van der Waals surface area contributed by atoms with Crippen LogP contribution in [0.1, 0.15) is 42.4 Å². The van der Waals surface area contributed by atoms with Crippen molar-refractivity contribution in [3.8, 4) is 0 Å². The predicted molar refractivity (Wildman–Crippen MR) is 87.9 cm³/mol. The van der Waals surface area contributed by atoms with Gasteiger partial charge < -0.3 is 15.1 Å². The number of aromatic nitrogens is 2.